The highest BCUT2D eigenvalue weighted by Gasteiger charge is 2.30. The second-order valence-corrected chi connectivity index (χ2v) is 12.8. The molecule has 1 aliphatic heterocycles. The summed E-state index contributed by atoms with van der Waals surface area (Å²) in [6, 6.07) is 8.83. The summed E-state index contributed by atoms with van der Waals surface area (Å²) < 4.78 is 36.3. The molecule has 7 rings (SSSR count). The van der Waals surface area contributed by atoms with Gasteiger partial charge in [-0.2, -0.15) is 13.9 Å². The second-order valence-electron chi connectivity index (χ2n) is 12.8. The number of nitrogens with two attached hydrogens (primary N) is 1. The van der Waals surface area contributed by atoms with Gasteiger partial charge < -0.3 is 24.9 Å². The Kier molecular flexibility index (Phi) is 8.11. The van der Waals surface area contributed by atoms with Crippen molar-refractivity contribution in [2.45, 2.75) is 51.4 Å². The van der Waals surface area contributed by atoms with Gasteiger partial charge in [0, 0.05) is 50.4 Å². The summed E-state index contributed by atoms with van der Waals surface area (Å²) in [6.45, 7) is 0.841. The van der Waals surface area contributed by atoms with E-state index in [4.69, 9.17) is 20.4 Å². The van der Waals surface area contributed by atoms with Gasteiger partial charge in [-0.05, 0) is 62.4 Å². The van der Waals surface area contributed by atoms with Crippen molar-refractivity contribution in [3.8, 4) is 17.3 Å². The Hall–Kier alpha value is -4.89. The molecule has 2 fully saturated rings. The monoisotopic (exact) mass is 660 g/mol. The van der Waals surface area contributed by atoms with Gasteiger partial charge in [-0.1, -0.05) is 0 Å². The number of aryl methyl sites for hydroxylation is 1. The van der Waals surface area contributed by atoms with Crippen LogP contribution in [0.25, 0.3) is 33.6 Å². The number of imidazole rings is 1. The van der Waals surface area contributed by atoms with E-state index >= 15 is 0 Å². The molecule has 2 amide bonds. The van der Waals surface area contributed by atoms with Crippen LogP contribution in [-0.4, -0.2) is 84.0 Å². The van der Waals surface area contributed by atoms with Gasteiger partial charge in [-0.25, -0.2) is 19.7 Å². The molecule has 13 nitrogen and oxygen atoms in total. The van der Waals surface area contributed by atoms with Crippen molar-refractivity contribution in [1.29, 1.82) is 0 Å². The van der Waals surface area contributed by atoms with Crippen molar-refractivity contribution in [2.75, 3.05) is 27.2 Å². The fraction of sp³-hybridized carbons (Fsp3) is 0.424. The summed E-state index contributed by atoms with van der Waals surface area (Å²) in [5.74, 6) is 1.06. The van der Waals surface area contributed by atoms with E-state index in [2.05, 4.69) is 21.0 Å². The maximum atomic E-state index is 13.7. The smallest absolute Gasteiger partial charge is 0.333 e. The van der Waals surface area contributed by atoms with Gasteiger partial charge in [0.15, 0.2) is 5.82 Å². The molecule has 5 aromatic rings. The second kappa shape index (κ2) is 12.3. The van der Waals surface area contributed by atoms with Crippen LogP contribution in [0, 0.1) is 5.92 Å². The Morgan fingerprint density at radius 2 is 1.90 bits per heavy atom. The minimum Gasteiger partial charge on any atom is -0.494 e. The number of hydrogen-bond acceptors (Lipinski definition) is 8. The Morgan fingerprint density at radius 3 is 2.60 bits per heavy atom. The first-order valence-corrected chi connectivity index (χ1v) is 16.0. The van der Waals surface area contributed by atoms with Crippen LogP contribution in [0.1, 0.15) is 65.2 Å². The van der Waals surface area contributed by atoms with Crippen molar-refractivity contribution in [2.24, 2.45) is 18.7 Å². The number of halogens is 2. The molecule has 0 spiro atoms. The van der Waals surface area contributed by atoms with Gasteiger partial charge in [0.25, 0.3) is 11.8 Å². The van der Waals surface area contributed by atoms with Gasteiger partial charge >= 0.3 is 6.55 Å². The first kappa shape index (κ1) is 31.7. The molecule has 1 aromatic carbocycles. The summed E-state index contributed by atoms with van der Waals surface area (Å²) in [6.07, 6.45) is 5.19. The third kappa shape index (κ3) is 5.76. The average molecular weight is 661 g/mol. The van der Waals surface area contributed by atoms with Crippen LogP contribution in [0.4, 0.5) is 8.78 Å². The van der Waals surface area contributed by atoms with Gasteiger partial charge in [-0.15, -0.1) is 0 Å². The minimum atomic E-state index is -2.83. The Bertz CT molecular complexity index is 2030. The summed E-state index contributed by atoms with van der Waals surface area (Å²) >= 11 is 0. The highest BCUT2D eigenvalue weighted by atomic mass is 19.3. The number of hydrogen-bond donors (Lipinski definition) is 2. The fourth-order valence-corrected chi connectivity index (χ4v) is 6.36. The molecule has 0 bridgehead atoms. The number of methoxy groups -OCH3 is 1. The molecule has 5 heterocycles. The average Bonchev–Trinajstić information content (AvgIpc) is 3.46. The maximum absolute atomic E-state index is 13.7. The molecule has 0 unspecified atom stereocenters. The number of ether oxygens (including phenoxy) is 1. The van der Waals surface area contributed by atoms with Crippen molar-refractivity contribution in [1.82, 2.24) is 44.2 Å². The number of amides is 2. The molecule has 48 heavy (non-hydrogen) atoms. The Balaban J connectivity index is 1.25. The lowest BCUT2D eigenvalue weighted by atomic mass is 10.1. The molecular formula is C33H38F2N10O3. The summed E-state index contributed by atoms with van der Waals surface area (Å²) in [4.78, 5) is 36.5. The molecule has 1 saturated carbocycles. The third-order valence-corrected chi connectivity index (χ3v) is 9.27. The third-order valence-electron chi connectivity index (χ3n) is 9.27. The fourth-order valence-electron chi connectivity index (χ4n) is 6.36. The zero-order chi connectivity index (χ0) is 33.9. The number of nitrogens with one attached hydrogen (secondary N) is 1. The predicted molar refractivity (Wildman–Crippen MR) is 174 cm³/mol. The first-order chi connectivity index (χ1) is 23.0. The number of fused-ring (bicyclic) bond motifs is 2. The van der Waals surface area contributed by atoms with E-state index in [1.807, 2.05) is 35.8 Å². The van der Waals surface area contributed by atoms with E-state index in [9.17, 15) is 18.4 Å². The van der Waals surface area contributed by atoms with Crippen LogP contribution < -0.4 is 15.8 Å². The number of rotatable bonds is 9. The lowest BCUT2D eigenvalue weighted by Gasteiger charge is -2.38. The largest absolute Gasteiger partial charge is 0.494 e. The molecule has 4 aromatic heterocycles. The first-order valence-electron chi connectivity index (χ1n) is 16.0. The zero-order valence-electron chi connectivity index (χ0n) is 27.2. The number of pyridine rings is 1. The molecule has 1 saturated heterocycles. The molecule has 15 heteroatoms. The van der Waals surface area contributed by atoms with E-state index in [0.717, 1.165) is 60.4 Å². The number of carbonyl (C=O) groups is 2. The summed E-state index contributed by atoms with van der Waals surface area (Å²) in [5.41, 5.74) is 10.3. The molecule has 0 radical (unpaired) electrons. The van der Waals surface area contributed by atoms with Crippen LogP contribution in [0.2, 0.25) is 0 Å². The Labute approximate surface area is 275 Å². The number of carbonyl (C=O) groups excluding carboxylic acids is 2. The van der Waals surface area contributed by atoms with Crippen LogP contribution in [0.3, 0.4) is 0 Å². The predicted octanol–water partition coefficient (Wildman–Crippen LogP) is 4.11. The van der Waals surface area contributed by atoms with E-state index in [0.29, 0.717) is 52.0 Å². The van der Waals surface area contributed by atoms with Crippen molar-refractivity contribution >= 4 is 33.9 Å². The van der Waals surface area contributed by atoms with Gasteiger partial charge in [0.2, 0.25) is 0 Å². The lowest BCUT2D eigenvalue weighted by molar-refractivity contribution is -0.0168. The number of nitrogens with zero attached hydrogens (tertiary/aromatic N) is 8. The van der Waals surface area contributed by atoms with Gasteiger partial charge in [0.1, 0.15) is 16.9 Å². The van der Waals surface area contributed by atoms with E-state index < -0.39 is 18.5 Å². The zero-order valence-corrected chi connectivity index (χ0v) is 27.2. The van der Waals surface area contributed by atoms with Crippen molar-refractivity contribution in [3.63, 3.8) is 0 Å². The number of aromatic nitrogens is 6. The van der Waals surface area contributed by atoms with Crippen LogP contribution in [0.15, 0.2) is 42.7 Å². The molecule has 2 aliphatic rings. The van der Waals surface area contributed by atoms with E-state index in [1.54, 1.807) is 31.2 Å². The maximum Gasteiger partial charge on any atom is 0.333 e. The number of alkyl halides is 2. The summed E-state index contributed by atoms with van der Waals surface area (Å²) in [7, 11) is 5.40. The quantitative estimate of drug-likeness (QED) is 0.241. The van der Waals surface area contributed by atoms with E-state index in [-0.39, 0.29) is 17.5 Å². The molecule has 1 aliphatic carbocycles. The van der Waals surface area contributed by atoms with Crippen molar-refractivity contribution in [3.05, 3.63) is 59.5 Å². The van der Waals surface area contributed by atoms with Crippen LogP contribution >= 0.6 is 0 Å². The molecule has 252 valence electrons. The lowest BCUT2D eigenvalue weighted by Crippen LogP contribution is -2.55. The molecule has 2 atom stereocenters. The molecular weight excluding hydrogens is 622 g/mol. The topological polar surface area (TPSA) is 141 Å². The van der Waals surface area contributed by atoms with Crippen LogP contribution in [0.5, 0.6) is 5.75 Å². The highest BCUT2D eigenvalue weighted by Crippen LogP contribution is 2.38. The number of hydrazine groups is 1. The number of benzene rings is 1. The highest BCUT2D eigenvalue weighted by molar-refractivity contribution is 6.00. The molecule has 3 N–H and O–H groups in total. The van der Waals surface area contributed by atoms with Gasteiger partial charge in [-0.3, -0.25) is 14.6 Å². The standard InChI is InChI=1S/C33H38F2N10O3/c1-18(38-31(46)22-14-37-44(16-22)33(34)35)24-8-7-20-12-26(43(29(20)39-24)15-19-5-6-19)30-40-25-11-21(13-27(48-4)28(25)42(30)3)32(47)45-17-23(36)9-10-41(45)2/h7-8,11-14,16,18-19,23,33H,5-6,9-10,15,17,36H2,1-4H3,(H,38,46)/t18-,23-/m1/s1. The van der Waals surface area contributed by atoms with Crippen molar-refractivity contribution < 1.29 is 23.1 Å². The Morgan fingerprint density at radius 1 is 1.10 bits per heavy atom. The summed E-state index contributed by atoms with van der Waals surface area (Å²) in [5, 5.41) is 10.9. The van der Waals surface area contributed by atoms with Crippen LogP contribution in [-0.2, 0) is 13.6 Å². The normalized spacial score (nSPS) is 17.8. The van der Waals surface area contributed by atoms with Gasteiger partial charge in [0.05, 0.1) is 48.4 Å². The SMILES string of the molecule is COc1cc(C(=O)N2C[C@H](N)CCN2C)cc2nc(-c3cc4ccc([C@@H](C)NC(=O)c5cnn(C(F)F)c5)nc4n3CC3CC3)n(C)c12. The van der Waals surface area contributed by atoms with E-state index in [1.165, 1.54) is 0 Å². The minimum absolute atomic E-state index is 0.0382.